The van der Waals surface area contributed by atoms with Gasteiger partial charge in [-0.1, -0.05) is 18.2 Å². The number of benzene rings is 1. The number of piperidine rings is 1. The molecule has 0 amide bonds. The first-order valence-corrected chi connectivity index (χ1v) is 9.66. The smallest absolute Gasteiger partial charge is 0.302 e. The van der Waals surface area contributed by atoms with Crippen molar-refractivity contribution in [2.75, 3.05) is 13.2 Å². The van der Waals surface area contributed by atoms with Crippen molar-refractivity contribution < 1.29 is 14.3 Å². The molecule has 2 fully saturated rings. The first-order chi connectivity index (χ1) is 12.6. The van der Waals surface area contributed by atoms with Gasteiger partial charge in [0.05, 0.1) is 6.61 Å². The minimum absolute atomic E-state index is 0.00622. The standard InChI is InChI=1S/C21H24N2O3/c1-12(24)26-11-13-6-7-14-10-17(13)21(25)20-19-16(8-9-23(14)20)15-4-2-3-5-18(15)22-19/h2-5,13-14,17,20,22H,6-11H2,1H3/t13-,14+,17+,20-/m0/s1. The van der Waals surface area contributed by atoms with Crippen molar-refractivity contribution in [2.45, 2.75) is 44.7 Å². The Morgan fingerprint density at radius 3 is 3.00 bits per heavy atom. The summed E-state index contributed by atoms with van der Waals surface area (Å²) >= 11 is 0. The molecule has 5 nitrogen and oxygen atoms in total. The summed E-state index contributed by atoms with van der Waals surface area (Å²) in [6.45, 7) is 2.77. The fraction of sp³-hybridized carbons (Fsp3) is 0.524. The molecule has 1 N–H and O–H groups in total. The second kappa shape index (κ2) is 5.95. The van der Waals surface area contributed by atoms with E-state index in [1.807, 2.05) is 6.07 Å². The van der Waals surface area contributed by atoms with E-state index in [0.717, 1.165) is 43.4 Å². The lowest BCUT2D eigenvalue weighted by Crippen LogP contribution is -2.56. The number of hydrogen-bond acceptors (Lipinski definition) is 4. The van der Waals surface area contributed by atoms with E-state index >= 15 is 0 Å². The quantitative estimate of drug-likeness (QED) is 0.844. The van der Waals surface area contributed by atoms with Crippen molar-refractivity contribution in [3.8, 4) is 0 Å². The highest BCUT2D eigenvalue weighted by Crippen LogP contribution is 2.47. The molecule has 2 aliphatic heterocycles. The van der Waals surface area contributed by atoms with Crippen LogP contribution in [0.15, 0.2) is 24.3 Å². The second-order valence-corrected chi connectivity index (χ2v) is 7.99. The van der Waals surface area contributed by atoms with E-state index in [2.05, 4.69) is 28.1 Å². The van der Waals surface area contributed by atoms with Gasteiger partial charge in [-0.05, 0) is 37.3 Å². The molecule has 5 heteroatoms. The van der Waals surface area contributed by atoms with Crippen LogP contribution in [0.4, 0.5) is 0 Å². The number of carbonyl (C=O) groups is 2. The van der Waals surface area contributed by atoms with Crippen molar-refractivity contribution in [3.05, 3.63) is 35.5 Å². The fourth-order valence-corrected chi connectivity index (χ4v) is 5.45. The monoisotopic (exact) mass is 352 g/mol. The van der Waals surface area contributed by atoms with E-state index in [4.69, 9.17) is 4.74 Å². The van der Waals surface area contributed by atoms with Crippen LogP contribution >= 0.6 is 0 Å². The van der Waals surface area contributed by atoms with Crippen LogP contribution < -0.4 is 0 Å². The summed E-state index contributed by atoms with van der Waals surface area (Å²) in [4.78, 5) is 30.7. The molecule has 1 aromatic heterocycles. The molecule has 4 atom stereocenters. The molecule has 1 aliphatic carbocycles. The van der Waals surface area contributed by atoms with Crippen LogP contribution in [0, 0.1) is 11.8 Å². The van der Waals surface area contributed by atoms with Crippen LogP contribution in [0.2, 0.25) is 0 Å². The van der Waals surface area contributed by atoms with E-state index in [0.29, 0.717) is 18.4 Å². The van der Waals surface area contributed by atoms with Gasteiger partial charge in [-0.15, -0.1) is 0 Å². The van der Waals surface area contributed by atoms with Gasteiger partial charge >= 0.3 is 5.97 Å². The van der Waals surface area contributed by atoms with E-state index in [1.165, 1.54) is 17.9 Å². The molecular weight excluding hydrogens is 328 g/mol. The second-order valence-electron chi connectivity index (χ2n) is 7.99. The third-order valence-corrected chi connectivity index (χ3v) is 6.64. The molecule has 0 radical (unpaired) electrons. The van der Waals surface area contributed by atoms with Gasteiger partial charge in [0, 0.05) is 47.9 Å². The number of hydrogen-bond donors (Lipinski definition) is 1. The van der Waals surface area contributed by atoms with Crippen molar-refractivity contribution in [3.63, 3.8) is 0 Å². The molecular formula is C21H24N2O3. The zero-order valence-corrected chi connectivity index (χ0v) is 15.0. The van der Waals surface area contributed by atoms with Crippen LogP contribution in [0.25, 0.3) is 10.9 Å². The predicted octanol–water partition coefficient (Wildman–Crippen LogP) is 3.00. The van der Waals surface area contributed by atoms with Crippen molar-refractivity contribution in [2.24, 2.45) is 11.8 Å². The van der Waals surface area contributed by atoms with Gasteiger partial charge < -0.3 is 9.72 Å². The number of nitrogens with one attached hydrogen (secondary N) is 1. The molecule has 1 aromatic carbocycles. The van der Waals surface area contributed by atoms with Gasteiger partial charge in [0.25, 0.3) is 0 Å². The molecule has 26 heavy (non-hydrogen) atoms. The lowest BCUT2D eigenvalue weighted by atomic mass is 9.68. The number of para-hydroxylation sites is 1. The Morgan fingerprint density at radius 1 is 1.31 bits per heavy atom. The maximum absolute atomic E-state index is 13.5. The lowest BCUT2D eigenvalue weighted by molar-refractivity contribution is -0.151. The molecule has 2 bridgehead atoms. The van der Waals surface area contributed by atoms with E-state index in [1.54, 1.807) is 0 Å². The van der Waals surface area contributed by atoms with Gasteiger partial charge in [0.1, 0.15) is 6.04 Å². The minimum Gasteiger partial charge on any atom is -0.466 e. The Kier molecular flexibility index (Phi) is 3.67. The molecule has 5 rings (SSSR count). The number of ketones is 1. The van der Waals surface area contributed by atoms with Crippen LogP contribution in [0.1, 0.15) is 43.5 Å². The Bertz CT molecular complexity index is 887. The van der Waals surface area contributed by atoms with Crippen molar-refractivity contribution >= 4 is 22.7 Å². The Hall–Kier alpha value is -2.14. The van der Waals surface area contributed by atoms with Crippen molar-refractivity contribution in [1.82, 2.24) is 9.88 Å². The van der Waals surface area contributed by atoms with Crippen molar-refractivity contribution in [1.29, 1.82) is 0 Å². The SMILES string of the molecule is CC(=O)OC[C@@H]1CC[C@@H]2C[C@H]1C(=O)[C@@H]1c3[nH]c4ccccc4c3CCN21. The maximum atomic E-state index is 13.5. The normalized spacial score (nSPS) is 30.7. The predicted molar refractivity (Wildman–Crippen MR) is 97.7 cm³/mol. The number of H-pyrrole nitrogens is 1. The van der Waals surface area contributed by atoms with E-state index in [-0.39, 0.29) is 23.8 Å². The summed E-state index contributed by atoms with van der Waals surface area (Å²) < 4.78 is 5.26. The van der Waals surface area contributed by atoms with Crippen LogP contribution in [0.5, 0.6) is 0 Å². The van der Waals surface area contributed by atoms with Gasteiger partial charge in [-0.25, -0.2) is 0 Å². The number of aromatic nitrogens is 1. The van der Waals surface area contributed by atoms with Gasteiger partial charge in [-0.2, -0.15) is 0 Å². The van der Waals surface area contributed by atoms with Crippen LogP contribution in [-0.2, 0) is 20.7 Å². The number of Topliss-reactive ketones (excluding diaryl/α,β-unsaturated/α-hetero) is 1. The molecule has 0 spiro atoms. The average molecular weight is 352 g/mol. The summed E-state index contributed by atoms with van der Waals surface area (Å²) in [5.74, 6) is 0.226. The molecule has 3 heterocycles. The first-order valence-electron chi connectivity index (χ1n) is 9.66. The van der Waals surface area contributed by atoms with Crippen LogP contribution in [0.3, 0.4) is 0 Å². The number of fused-ring (bicyclic) bond motifs is 8. The number of nitrogens with zero attached hydrogens (tertiary/aromatic N) is 1. The number of ether oxygens (including phenoxy) is 1. The van der Waals surface area contributed by atoms with Crippen LogP contribution in [-0.4, -0.2) is 40.8 Å². The summed E-state index contributed by atoms with van der Waals surface area (Å²) in [6, 6.07) is 8.66. The third-order valence-electron chi connectivity index (χ3n) is 6.64. The van der Waals surface area contributed by atoms with Gasteiger partial charge in [0.15, 0.2) is 5.78 Å². The number of aromatic amines is 1. The molecule has 1 saturated carbocycles. The number of esters is 1. The highest BCUT2D eigenvalue weighted by atomic mass is 16.5. The Labute approximate surface area is 152 Å². The van der Waals surface area contributed by atoms with Gasteiger partial charge in [-0.3, -0.25) is 14.5 Å². The maximum Gasteiger partial charge on any atom is 0.302 e. The molecule has 1 saturated heterocycles. The fourth-order valence-electron chi connectivity index (χ4n) is 5.45. The lowest BCUT2D eigenvalue weighted by Gasteiger charge is -2.51. The van der Waals surface area contributed by atoms with E-state index in [9.17, 15) is 9.59 Å². The summed E-state index contributed by atoms with van der Waals surface area (Å²) in [5.41, 5.74) is 3.54. The zero-order valence-electron chi connectivity index (χ0n) is 15.0. The molecule has 136 valence electrons. The molecule has 3 aliphatic rings. The Balaban J connectivity index is 1.52. The minimum atomic E-state index is -0.257. The highest BCUT2D eigenvalue weighted by Gasteiger charge is 2.50. The molecule has 0 unspecified atom stereocenters. The Morgan fingerprint density at radius 2 is 2.15 bits per heavy atom. The highest BCUT2D eigenvalue weighted by molar-refractivity contribution is 5.93. The van der Waals surface area contributed by atoms with E-state index < -0.39 is 0 Å². The average Bonchev–Trinajstić information content (AvgIpc) is 3.03. The van der Waals surface area contributed by atoms with Gasteiger partial charge in [0.2, 0.25) is 0 Å². The largest absolute Gasteiger partial charge is 0.466 e. The number of carbonyl (C=O) groups excluding carboxylic acids is 2. The first kappa shape index (κ1) is 16.1. The molecule has 2 aromatic rings. The third kappa shape index (κ3) is 2.33. The summed E-state index contributed by atoms with van der Waals surface area (Å²) in [5, 5.41) is 1.25. The number of rotatable bonds is 2. The topological polar surface area (TPSA) is 62.4 Å². The summed E-state index contributed by atoms with van der Waals surface area (Å²) in [6.07, 6.45) is 3.97. The summed E-state index contributed by atoms with van der Waals surface area (Å²) in [7, 11) is 0. The zero-order chi connectivity index (χ0) is 17.8.